The normalized spacial score (nSPS) is 13.0. The monoisotopic (exact) mass is 477 g/mol. The van der Waals surface area contributed by atoms with Gasteiger partial charge in [-0.2, -0.15) is 0 Å². The second-order valence-corrected chi connectivity index (χ2v) is 9.65. The number of carbonyl (C=O) groups is 1. The SMILES string of the molecule is Cc1cc2ccccc2n1CC(=O)Nc1ccc(NS(=O)(=O)c2ccc3c(c2)OCCO3)cc1. The number of para-hydroxylation sites is 1. The maximum absolute atomic E-state index is 12.8. The van der Waals surface area contributed by atoms with E-state index >= 15 is 0 Å². The van der Waals surface area contributed by atoms with Crippen LogP contribution in [0, 0.1) is 6.92 Å². The second-order valence-electron chi connectivity index (χ2n) is 7.97. The van der Waals surface area contributed by atoms with E-state index in [-0.39, 0.29) is 17.3 Å². The van der Waals surface area contributed by atoms with E-state index in [0.717, 1.165) is 16.6 Å². The van der Waals surface area contributed by atoms with Crippen molar-refractivity contribution in [2.24, 2.45) is 0 Å². The lowest BCUT2D eigenvalue weighted by atomic mass is 10.2. The fourth-order valence-corrected chi connectivity index (χ4v) is 5.00. The zero-order valence-corrected chi connectivity index (χ0v) is 19.3. The van der Waals surface area contributed by atoms with Crippen LogP contribution in [-0.4, -0.2) is 32.1 Å². The summed E-state index contributed by atoms with van der Waals surface area (Å²) in [6.45, 7) is 2.95. The van der Waals surface area contributed by atoms with Crippen LogP contribution in [0.25, 0.3) is 10.9 Å². The Morgan fingerprint density at radius 2 is 1.62 bits per heavy atom. The van der Waals surface area contributed by atoms with Crippen LogP contribution < -0.4 is 19.5 Å². The summed E-state index contributed by atoms with van der Waals surface area (Å²) in [5, 5.41) is 3.95. The molecule has 1 aliphatic heterocycles. The van der Waals surface area contributed by atoms with Crippen LogP contribution in [-0.2, 0) is 21.4 Å². The molecule has 1 aliphatic rings. The molecular weight excluding hydrogens is 454 g/mol. The van der Waals surface area contributed by atoms with Gasteiger partial charge in [-0.15, -0.1) is 0 Å². The molecule has 1 aromatic heterocycles. The number of hydrogen-bond acceptors (Lipinski definition) is 5. The number of nitrogens with zero attached hydrogens (tertiary/aromatic N) is 1. The minimum absolute atomic E-state index is 0.0726. The lowest BCUT2D eigenvalue weighted by molar-refractivity contribution is -0.116. The largest absolute Gasteiger partial charge is 0.486 e. The molecule has 0 radical (unpaired) electrons. The Balaban J connectivity index is 1.25. The highest BCUT2D eigenvalue weighted by atomic mass is 32.2. The van der Waals surface area contributed by atoms with Crippen LogP contribution in [0.15, 0.2) is 77.7 Å². The van der Waals surface area contributed by atoms with E-state index in [1.165, 1.54) is 12.1 Å². The molecule has 0 unspecified atom stereocenters. The highest BCUT2D eigenvalue weighted by molar-refractivity contribution is 7.92. The predicted octanol–water partition coefficient (Wildman–Crippen LogP) is 4.16. The number of fused-ring (bicyclic) bond motifs is 2. The van der Waals surface area contributed by atoms with E-state index in [2.05, 4.69) is 10.0 Å². The highest BCUT2D eigenvalue weighted by Gasteiger charge is 2.19. The fourth-order valence-electron chi connectivity index (χ4n) is 3.93. The topological polar surface area (TPSA) is 98.7 Å². The first-order chi connectivity index (χ1) is 16.4. The van der Waals surface area contributed by atoms with E-state index in [0.29, 0.717) is 36.1 Å². The number of aromatic nitrogens is 1. The van der Waals surface area contributed by atoms with Crippen LogP contribution in [0.2, 0.25) is 0 Å². The van der Waals surface area contributed by atoms with Crippen LogP contribution >= 0.6 is 0 Å². The molecule has 174 valence electrons. The predicted molar refractivity (Wildman–Crippen MR) is 130 cm³/mol. The Labute approximate surface area is 197 Å². The van der Waals surface area contributed by atoms with Gasteiger partial charge in [-0.25, -0.2) is 8.42 Å². The van der Waals surface area contributed by atoms with E-state index in [1.807, 2.05) is 41.8 Å². The summed E-state index contributed by atoms with van der Waals surface area (Å²) in [5.74, 6) is 0.750. The van der Waals surface area contributed by atoms with E-state index < -0.39 is 10.0 Å². The Morgan fingerprint density at radius 1 is 0.912 bits per heavy atom. The maximum atomic E-state index is 12.8. The average molecular weight is 478 g/mol. The third-order valence-corrected chi connectivity index (χ3v) is 6.94. The Morgan fingerprint density at radius 3 is 2.41 bits per heavy atom. The van der Waals surface area contributed by atoms with Gasteiger partial charge in [0.2, 0.25) is 5.91 Å². The summed E-state index contributed by atoms with van der Waals surface area (Å²) in [5.41, 5.74) is 2.95. The minimum Gasteiger partial charge on any atom is -0.486 e. The molecule has 1 amide bonds. The summed E-state index contributed by atoms with van der Waals surface area (Å²) < 4.78 is 41.0. The molecule has 0 saturated heterocycles. The number of amides is 1. The van der Waals surface area contributed by atoms with Gasteiger partial charge in [0.25, 0.3) is 10.0 Å². The molecule has 9 heteroatoms. The third kappa shape index (κ3) is 4.42. The first kappa shape index (κ1) is 21.8. The van der Waals surface area contributed by atoms with Crippen LogP contribution in [0.1, 0.15) is 5.69 Å². The number of sulfonamides is 1. The lowest BCUT2D eigenvalue weighted by Gasteiger charge is -2.19. The van der Waals surface area contributed by atoms with Gasteiger partial charge in [-0.05, 0) is 60.8 Å². The van der Waals surface area contributed by atoms with Gasteiger partial charge in [-0.1, -0.05) is 18.2 Å². The number of anilines is 2. The van der Waals surface area contributed by atoms with Gasteiger partial charge in [0, 0.05) is 28.7 Å². The van der Waals surface area contributed by atoms with E-state index in [4.69, 9.17) is 9.47 Å². The number of carbonyl (C=O) groups excluding carboxylic acids is 1. The second kappa shape index (κ2) is 8.75. The zero-order chi connectivity index (χ0) is 23.7. The highest BCUT2D eigenvalue weighted by Crippen LogP contribution is 2.32. The summed E-state index contributed by atoms with van der Waals surface area (Å²) in [7, 11) is -3.82. The van der Waals surface area contributed by atoms with Gasteiger partial charge in [-0.3, -0.25) is 9.52 Å². The third-order valence-electron chi connectivity index (χ3n) is 5.56. The molecule has 0 bridgehead atoms. The van der Waals surface area contributed by atoms with Crippen molar-refractivity contribution in [3.8, 4) is 11.5 Å². The molecule has 0 atom stereocenters. The molecule has 0 saturated carbocycles. The molecule has 0 spiro atoms. The van der Waals surface area contributed by atoms with Crippen molar-refractivity contribution in [2.45, 2.75) is 18.4 Å². The first-order valence-electron chi connectivity index (χ1n) is 10.8. The number of nitrogens with one attached hydrogen (secondary N) is 2. The van der Waals surface area contributed by atoms with Gasteiger partial charge in [0.1, 0.15) is 19.8 Å². The maximum Gasteiger partial charge on any atom is 0.262 e. The van der Waals surface area contributed by atoms with Gasteiger partial charge in [0.15, 0.2) is 11.5 Å². The number of hydrogen-bond donors (Lipinski definition) is 2. The minimum atomic E-state index is -3.82. The van der Waals surface area contributed by atoms with Gasteiger partial charge in [0.05, 0.1) is 4.90 Å². The smallest absolute Gasteiger partial charge is 0.262 e. The molecule has 8 nitrogen and oxygen atoms in total. The van der Waals surface area contributed by atoms with Crippen molar-refractivity contribution in [2.75, 3.05) is 23.3 Å². The Bertz CT molecular complexity index is 1480. The van der Waals surface area contributed by atoms with Crippen molar-refractivity contribution < 1.29 is 22.7 Å². The number of ether oxygens (including phenoxy) is 2. The molecule has 0 aliphatic carbocycles. The number of rotatable bonds is 6. The molecule has 5 rings (SSSR count). The Hall–Kier alpha value is -3.98. The van der Waals surface area contributed by atoms with Gasteiger partial charge < -0.3 is 19.4 Å². The molecule has 34 heavy (non-hydrogen) atoms. The Kier molecular flexibility index (Phi) is 5.62. The molecule has 0 fully saturated rings. The quantitative estimate of drug-likeness (QED) is 0.435. The molecular formula is C25H23N3O5S. The molecule has 4 aromatic rings. The van der Waals surface area contributed by atoms with Crippen molar-refractivity contribution in [1.29, 1.82) is 0 Å². The molecule has 2 heterocycles. The van der Waals surface area contributed by atoms with Crippen molar-refractivity contribution in [3.63, 3.8) is 0 Å². The van der Waals surface area contributed by atoms with Crippen molar-refractivity contribution in [1.82, 2.24) is 4.57 Å². The first-order valence-corrected chi connectivity index (χ1v) is 12.2. The van der Waals surface area contributed by atoms with Gasteiger partial charge >= 0.3 is 0 Å². The van der Waals surface area contributed by atoms with Crippen LogP contribution in [0.5, 0.6) is 11.5 Å². The summed E-state index contributed by atoms with van der Waals surface area (Å²) in [6, 6.07) is 21.0. The standard InChI is InChI=1S/C25H23N3O5S/c1-17-14-18-4-2-3-5-22(18)28(17)16-25(29)26-19-6-8-20(9-7-19)27-34(30,31)21-10-11-23-24(15-21)33-13-12-32-23/h2-11,14-15,27H,12-13,16H2,1H3,(H,26,29). The lowest BCUT2D eigenvalue weighted by Crippen LogP contribution is -2.19. The van der Waals surface area contributed by atoms with E-state index in [1.54, 1.807) is 30.3 Å². The fraction of sp³-hybridized carbons (Fsp3) is 0.160. The van der Waals surface area contributed by atoms with Crippen molar-refractivity contribution in [3.05, 3.63) is 78.5 Å². The van der Waals surface area contributed by atoms with E-state index in [9.17, 15) is 13.2 Å². The summed E-state index contributed by atoms with van der Waals surface area (Å²) >= 11 is 0. The number of benzene rings is 3. The van der Waals surface area contributed by atoms with Crippen LogP contribution in [0.4, 0.5) is 11.4 Å². The number of aryl methyl sites for hydroxylation is 1. The average Bonchev–Trinajstić information content (AvgIpc) is 3.14. The van der Waals surface area contributed by atoms with Crippen LogP contribution in [0.3, 0.4) is 0 Å². The van der Waals surface area contributed by atoms with Crippen molar-refractivity contribution >= 4 is 38.2 Å². The summed E-state index contributed by atoms with van der Waals surface area (Å²) in [4.78, 5) is 12.7. The zero-order valence-electron chi connectivity index (χ0n) is 18.4. The molecule has 2 N–H and O–H groups in total. The summed E-state index contributed by atoms with van der Waals surface area (Å²) in [6.07, 6.45) is 0. The molecule has 3 aromatic carbocycles.